The number of H-pyrrole nitrogens is 1. The molecule has 47 heavy (non-hydrogen) atoms. The minimum atomic E-state index is -4.78. The number of hydrazone groups is 1. The fourth-order valence-electron chi connectivity index (χ4n) is 4.38. The van der Waals surface area contributed by atoms with Gasteiger partial charge in [-0.25, -0.2) is 4.68 Å². The summed E-state index contributed by atoms with van der Waals surface area (Å²) in [4.78, 5) is 63.1. The van der Waals surface area contributed by atoms with Gasteiger partial charge in [0.2, 0.25) is 0 Å². The van der Waals surface area contributed by atoms with E-state index in [1.54, 1.807) is 0 Å². The molecule has 0 radical (unpaired) electrons. The number of hydrogen-bond donors (Lipinski definition) is 4. The van der Waals surface area contributed by atoms with Gasteiger partial charge in [-0.2, -0.15) is 26.9 Å². The van der Waals surface area contributed by atoms with E-state index in [9.17, 15) is 49.9 Å². The molecule has 1 aromatic heterocycles. The van der Waals surface area contributed by atoms with Gasteiger partial charge in [0.15, 0.2) is 11.6 Å². The van der Waals surface area contributed by atoms with Gasteiger partial charge in [0, 0.05) is 26.5 Å². The third-order valence-electron chi connectivity index (χ3n) is 6.58. The van der Waals surface area contributed by atoms with Crippen LogP contribution in [0.4, 0.5) is 5.69 Å². The summed E-state index contributed by atoms with van der Waals surface area (Å²) in [7, 11) is -8.11. The summed E-state index contributed by atoms with van der Waals surface area (Å²) in [6.07, 6.45) is 4.47. The van der Waals surface area contributed by atoms with Gasteiger partial charge in [0.05, 0.1) is 27.4 Å². The number of carbonyl (C=O) groups excluding carboxylic acids is 4. The number of hydrogen-bond acceptors (Lipinski definition) is 10. The Morgan fingerprint density at radius 2 is 1.62 bits per heavy atom. The van der Waals surface area contributed by atoms with Crippen molar-refractivity contribution in [3.8, 4) is 5.69 Å². The number of carbonyl (C=O) groups is 4. The summed E-state index contributed by atoms with van der Waals surface area (Å²) < 4.78 is 66.7. The monoisotopic (exact) mass is 683 g/mol. The Kier molecular flexibility index (Phi) is 9.52. The highest BCUT2D eigenvalue weighted by Gasteiger charge is 2.33. The first-order valence-corrected chi connectivity index (χ1v) is 16.1. The van der Waals surface area contributed by atoms with Crippen molar-refractivity contribution in [1.82, 2.24) is 15.1 Å². The van der Waals surface area contributed by atoms with E-state index in [1.807, 2.05) is 0 Å². The number of nitrogens with zero attached hydrogens (tertiary/aromatic N) is 3. The Hall–Kier alpha value is -5.56. The van der Waals surface area contributed by atoms with E-state index in [0.29, 0.717) is 0 Å². The molecule has 0 atom stereocenters. The van der Waals surface area contributed by atoms with E-state index in [2.05, 4.69) is 15.5 Å². The lowest BCUT2D eigenvalue weighted by atomic mass is 10.1. The second kappa shape index (κ2) is 13.0. The van der Waals surface area contributed by atoms with Gasteiger partial charge < -0.3 is 5.32 Å². The van der Waals surface area contributed by atoms with Gasteiger partial charge in [0.25, 0.3) is 37.6 Å². The van der Waals surface area contributed by atoms with Crippen molar-refractivity contribution < 1.29 is 45.1 Å². The number of para-hydroxylation sites is 1. The van der Waals surface area contributed by atoms with Gasteiger partial charge >= 0.3 is 0 Å². The summed E-state index contributed by atoms with van der Waals surface area (Å²) in [5.74, 6) is -2.87. The number of aromatic nitrogens is 2. The lowest BCUT2D eigenvalue weighted by molar-refractivity contribution is -0.117. The lowest BCUT2D eigenvalue weighted by Crippen LogP contribution is -2.22. The number of rotatable bonds is 10. The van der Waals surface area contributed by atoms with Crippen LogP contribution in [-0.4, -0.2) is 71.9 Å². The average Bonchev–Trinajstić information content (AvgIpc) is 3.52. The van der Waals surface area contributed by atoms with Crippen LogP contribution < -0.4 is 15.9 Å². The van der Waals surface area contributed by atoms with Crippen molar-refractivity contribution in [2.75, 3.05) is 12.1 Å². The molecule has 0 saturated carbocycles. The van der Waals surface area contributed by atoms with Gasteiger partial charge in [0.1, 0.15) is 16.3 Å². The Balaban J connectivity index is 1.80. The maximum Gasteiger partial charge on any atom is 0.296 e. The first-order chi connectivity index (χ1) is 21.9. The first-order valence-electron chi connectivity index (χ1n) is 13.2. The van der Waals surface area contributed by atoms with Crippen LogP contribution in [0, 0.1) is 0 Å². The SMILES string of the molecule is CNC(=O)C(=C\C=C1\C(=O)N(c2cccc(S(=O)(=O)O)c2)N=C1C(C)=O)/C=C/c1c(C(C)=O)[nH]n(-c2ccccc2S(=O)(=O)O)c1=O. The zero-order valence-corrected chi connectivity index (χ0v) is 26.3. The molecule has 2 aromatic carbocycles. The van der Waals surface area contributed by atoms with Crippen molar-refractivity contribution in [3.05, 3.63) is 99.5 Å². The van der Waals surface area contributed by atoms with Crippen LogP contribution in [0.15, 0.2) is 97.6 Å². The van der Waals surface area contributed by atoms with Gasteiger partial charge in [-0.3, -0.25) is 38.2 Å². The molecule has 2 amide bonds. The molecule has 4 rings (SSSR count). The molecule has 1 aliphatic heterocycles. The highest BCUT2D eigenvalue weighted by atomic mass is 32.2. The minimum Gasteiger partial charge on any atom is -0.355 e. The number of nitrogens with one attached hydrogen (secondary N) is 2. The highest BCUT2D eigenvalue weighted by molar-refractivity contribution is 7.86. The van der Waals surface area contributed by atoms with Crippen molar-refractivity contribution >= 4 is 61.1 Å². The molecule has 0 unspecified atom stereocenters. The summed E-state index contributed by atoms with van der Waals surface area (Å²) in [5, 5.41) is 9.62. The second-order valence-corrected chi connectivity index (χ2v) is 12.6. The maximum atomic E-state index is 13.4. The topological polar surface area (TPSA) is 242 Å². The number of anilines is 1. The van der Waals surface area contributed by atoms with E-state index < -0.39 is 59.0 Å². The molecule has 18 heteroatoms. The Labute approximate surface area is 266 Å². The van der Waals surface area contributed by atoms with Crippen LogP contribution in [-0.2, 0) is 34.6 Å². The molecular weight excluding hydrogens is 658 g/mol. The zero-order valence-electron chi connectivity index (χ0n) is 24.7. The number of ketones is 2. The molecule has 0 saturated heterocycles. The van der Waals surface area contributed by atoms with Crippen LogP contribution in [0.2, 0.25) is 0 Å². The molecule has 1 aliphatic rings. The van der Waals surface area contributed by atoms with Gasteiger partial charge in [-0.1, -0.05) is 18.2 Å². The molecular formula is C29H25N5O11S2. The number of allylic oxidation sites excluding steroid dienone is 2. The van der Waals surface area contributed by atoms with Crippen LogP contribution in [0.1, 0.15) is 29.9 Å². The van der Waals surface area contributed by atoms with Gasteiger partial charge in [-0.05, 0) is 54.6 Å². The van der Waals surface area contributed by atoms with Crippen LogP contribution >= 0.6 is 0 Å². The van der Waals surface area contributed by atoms with Crippen molar-refractivity contribution in [3.63, 3.8) is 0 Å². The standard InChI is InChI=1S/C29H25N5O11S2/c1-16(35)25-21(28(38)33(31-25)19-7-6-8-20(15-19)46(40,41)42)13-11-18(27(37)30-3)12-14-22-26(17(2)36)32-34(29(22)39)23-9-4-5-10-24(23)47(43,44)45/h4-15,32H,1-3H3,(H,30,37)(H,40,41,42)(H,43,44,45)/b14-12+,18-11-,21-13+. The Morgan fingerprint density at radius 3 is 2.21 bits per heavy atom. The van der Waals surface area contributed by atoms with Crippen LogP contribution in [0.25, 0.3) is 11.8 Å². The summed E-state index contributed by atoms with van der Waals surface area (Å²) in [6.45, 7) is 2.26. The van der Waals surface area contributed by atoms with Crippen molar-refractivity contribution in [2.45, 2.75) is 23.6 Å². The lowest BCUT2D eigenvalue weighted by Gasteiger charge is -2.12. The van der Waals surface area contributed by atoms with E-state index >= 15 is 0 Å². The fourth-order valence-corrected chi connectivity index (χ4v) is 5.57. The smallest absolute Gasteiger partial charge is 0.296 e. The van der Waals surface area contributed by atoms with Crippen molar-refractivity contribution in [2.24, 2.45) is 5.10 Å². The third-order valence-corrected chi connectivity index (χ3v) is 8.33. The largest absolute Gasteiger partial charge is 0.355 e. The third kappa shape index (κ3) is 7.15. The highest BCUT2D eigenvalue weighted by Crippen LogP contribution is 2.27. The minimum absolute atomic E-state index is 0.0845. The number of amides is 2. The fraction of sp³-hybridized carbons (Fsp3) is 0.103. The van der Waals surface area contributed by atoms with Crippen LogP contribution in [0.3, 0.4) is 0 Å². The molecule has 4 N–H and O–H groups in total. The zero-order chi connectivity index (χ0) is 34.8. The number of benzene rings is 2. The second-order valence-electron chi connectivity index (χ2n) is 9.75. The summed E-state index contributed by atoms with van der Waals surface area (Å²) in [5.41, 5.74) is -2.59. The maximum absolute atomic E-state index is 13.4. The predicted molar refractivity (Wildman–Crippen MR) is 167 cm³/mol. The quantitative estimate of drug-likeness (QED) is 0.103. The molecule has 0 bridgehead atoms. The Bertz CT molecular complexity index is 2260. The molecule has 0 spiro atoms. The average molecular weight is 684 g/mol. The molecule has 2 heterocycles. The molecule has 16 nitrogen and oxygen atoms in total. The predicted octanol–water partition coefficient (Wildman–Crippen LogP) is 1.47. The van der Waals surface area contributed by atoms with Gasteiger partial charge in [-0.15, -0.1) is 0 Å². The van der Waals surface area contributed by atoms with Crippen LogP contribution in [0.5, 0.6) is 0 Å². The number of likely N-dealkylation sites (N-methyl/N-ethyl adjacent to an activating group) is 1. The summed E-state index contributed by atoms with van der Waals surface area (Å²) in [6, 6.07) is 9.60. The van der Waals surface area contributed by atoms with E-state index in [0.717, 1.165) is 66.0 Å². The van der Waals surface area contributed by atoms with Crippen molar-refractivity contribution in [1.29, 1.82) is 0 Å². The Morgan fingerprint density at radius 1 is 0.936 bits per heavy atom. The number of Topliss-reactive ketones (excluding diaryl/α,β-unsaturated/α-hetero) is 2. The molecule has 0 fully saturated rings. The van der Waals surface area contributed by atoms with E-state index in [4.69, 9.17) is 0 Å². The first kappa shape index (κ1) is 34.3. The normalized spacial score (nSPS) is 15.0. The summed E-state index contributed by atoms with van der Waals surface area (Å²) >= 11 is 0. The molecule has 0 aliphatic carbocycles. The number of aromatic amines is 1. The molecule has 3 aromatic rings. The van der Waals surface area contributed by atoms with E-state index in [1.165, 1.54) is 37.4 Å². The molecule has 244 valence electrons. The van der Waals surface area contributed by atoms with E-state index in [-0.39, 0.29) is 39.5 Å².